The molecule has 0 atom stereocenters. The van der Waals surface area contributed by atoms with Crippen molar-refractivity contribution in [1.82, 2.24) is 9.88 Å². The molecule has 9 heteroatoms. The van der Waals surface area contributed by atoms with Gasteiger partial charge in [0.25, 0.3) is 0 Å². The van der Waals surface area contributed by atoms with Crippen molar-refractivity contribution < 1.29 is 19.1 Å². The molecule has 0 bridgehead atoms. The summed E-state index contributed by atoms with van der Waals surface area (Å²) < 4.78 is 4.99. The summed E-state index contributed by atoms with van der Waals surface area (Å²) in [6, 6.07) is 8.75. The number of aromatic nitrogens is 1. The number of carbonyl (C=O) groups is 3. The first-order valence-corrected chi connectivity index (χ1v) is 10.7. The van der Waals surface area contributed by atoms with E-state index in [2.05, 4.69) is 20.5 Å². The molecule has 0 aliphatic carbocycles. The summed E-state index contributed by atoms with van der Waals surface area (Å²) in [6.07, 6.45) is 2.31. The number of nitrogens with zero attached hydrogens (tertiary/aromatic N) is 3. The van der Waals surface area contributed by atoms with Crippen LogP contribution in [-0.2, 0) is 9.53 Å². The van der Waals surface area contributed by atoms with Crippen LogP contribution in [-0.4, -0.2) is 60.6 Å². The minimum Gasteiger partial charge on any atom is -0.462 e. The summed E-state index contributed by atoms with van der Waals surface area (Å²) in [5.41, 5.74) is 2.63. The Labute approximate surface area is 187 Å². The van der Waals surface area contributed by atoms with E-state index in [-0.39, 0.29) is 17.9 Å². The number of carbonyl (C=O) groups excluding carboxylic acids is 3. The van der Waals surface area contributed by atoms with Crippen LogP contribution in [0.25, 0.3) is 0 Å². The standard InChI is InChI=1S/C23H29N5O4/c1-4-32-22(30)18-7-9-21(24-15-18)27-10-5-11-28(13-12-27)23(31)26-20-14-19(25-17(3)29)8-6-16(20)2/h6-9,14-15H,4-5,10-13H2,1-3H3,(H,25,29)(H,26,31). The summed E-state index contributed by atoms with van der Waals surface area (Å²) in [7, 11) is 0. The summed E-state index contributed by atoms with van der Waals surface area (Å²) >= 11 is 0. The second kappa shape index (κ2) is 10.6. The van der Waals surface area contributed by atoms with Crippen LogP contribution < -0.4 is 15.5 Å². The lowest BCUT2D eigenvalue weighted by atomic mass is 10.2. The number of hydrogen-bond donors (Lipinski definition) is 2. The lowest BCUT2D eigenvalue weighted by Crippen LogP contribution is -2.38. The number of rotatable bonds is 5. The second-order valence-corrected chi connectivity index (χ2v) is 7.59. The molecule has 0 radical (unpaired) electrons. The predicted molar refractivity (Wildman–Crippen MR) is 123 cm³/mol. The van der Waals surface area contributed by atoms with Crippen molar-refractivity contribution in [3.8, 4) is 0 Å². The third kappa shape index (κ3) is 5.96. The van der Waals surface area contributed by atoms with Gasteiger partial charge in [0.05, 0.1) is 12.2 Å². The van der Waals surface area contributed by atoms with Crippen molar-refractivity contribution in [2.24, 2.45) is 0 Å². The van der Waals surface area contributed by atoms with Gasteiger partial charge in [-0.1, -0.05) is 6.07 Å². The maximum Gasteiger partial charge on any atom is 0.339 e. The van der Waals surface area contributed by atoms with Crippen LogP contribution in [0.1, 0.15) is 36.2 Å². The highest BCUT2D eigenvalue weighted by atomic mass is 16.5. The molecule has 3 amide bonds. The molecule has 1 aromatic heterocycles. The number of nitrogens with one attached hydrogen (secondary N) is 2. The molecule has 0 unspecified atom stereocenters. The summed E-state index contributed by atoms with van der Waals surface area (Å²) in [4.78, 5) is 44.3. The van der Waals surface area contributed by atoms with Crippen LogP contribution >= 0.6 is 0 Å². The van der Waals surface area contributed by atoms with Crippen LogP contribution in [0, 0.1) is 6.92 Å². The number of aryl methyl sites for hydroxylation is 1. The Morgan fingerprint density at radius 2 is 1.88 bits per heavy atom. The molecular weight excluding hydrogens is 410 g/mol. The van der Waals surface area contributed by atoms with Gasteiger partial charge >= 0.3 is 12.0 Å². The van der Waals surface area contributed by atoms with Crippen molar-refractivity contribution in [2.75, 3.05) is 48.3 Å². The Morgan fingerprint density at radius 3 is 2.56 bits per heavy atom. The van der Waals surface area contributed by atoms with Gasteiger partial charge in [-0.2, -0.15) is 0 Å². The number of anilines is 3. The van der Waals surface area contributed by atoms with Gasteiger partial charge in [0, 0.05) is 50.7 Å². The van der Waals surface area contributed by atoms with Gasteiger partial charge in [-0.05, 0) is 50.1 Å². The highest BCUT2D eigenvalue weighted by Gasteiger charge is 2.21. The van der Waals surface area contributed by atoms with E-state index in [0.29, 0.717) is 43.2 Å². The molecule has 0 saturated carbocycles. The number of amides is 3. The normalized spacial score (nSPS) is 13.8. The summed E-state index contributed by atoms with van der Waals surface area (Å²) in [5, 5.41) is 5.69. The Bertz CT molecular complexity index is 977. The van der Waals surface area contributed by atoms with E-state index in [4.69, 9.17) is 4.74 Å². The molecule has 2 heterocycles. The van der Waals surface area contributed by atoms with E-state index in [1.807, 2.05) is 13.0 Å². The highest BCUT2D eigenvalue weighted by Crippen LogP contribution is 2.21. The lowest BCUT2D eigenvalue weighted by Gasteiger charge is -2.23. The van der Waals surface area contributed by atoms with Crippen molar-refractivity contribution >= 4 is 35.1 Å². The molecular formula is C23H29N5O4. The van der Waals surface area contributed by atoms with Crippen molar-refractivity contribution in [3.05, 3.63) is 47.7 Å². The van der Waals surface area contributed by atoms with Crippen LogP contribution in [0.4, 0.5) is 22.0 Å². The van der Waals surface area contributed by atoms with Crippen LogP contribution in [0.3, 0.4) is 0 Å². The molecule has 32 heavy (non-hydrogen) atoms. The molecule has 170 valence electrons. The molecule has 1 aromatic carbocycles. The zero-order valence-electron chi connectivity index (χ0n) is 18.7. The van der Waals surface area contributed by atoms with E-state index < -0.39 is 0 Å². The number of ether oxygens (including phenoxy) is 1. The first kappa shape index (κ1) is 23.1. The number of pyridine rings is 1. The Kier molecular flexibility index (Phi) is 7.64. The van der Waals surface area contributed by atoms with Gasteiger partial charge in [-0.15, -0.1) is 0 Å². The summed E-state index contributed by atoms with van der Waals surface area (Å²) in [6.45, 7) is 7.98. The monoisotopic (exact) mass is 439 g/mol. The average Bonchev–Trinajstić information content (AvgIpc) is 3.02. The first-order valence-electron chi connectivity index (χ1n) is 10.7. The van der Waals surface area contributed by atoms with Gasteiger partial charge in [-0.25, -0.2) is 14.6 Å². The fraction of sp³-hybridized carbons (Fsp3) is 0.391. The maximum atomic E-state index is 12.9. The van der Waals surface area contributed by atoms with Crippen LogP contribution in [0.5, 0.6) is 0 Å². The van der Waals surface area contributed by atoms with Gasteiger partial charge in [0.15, 0.2) is 0 Å². The van der Waals surface area contributed by atoms with Crippen LogP contribution in [0.2, 0.25) is 0 Å². The Balaban J connectivity index is 1.61. The third-order valence-electron chi connectivity index (χ3n) is 5.17. The van der Waals surface area contributed by atoms with E-state index in [1.54, 1.807) is 36.1 Å². The maximum absolute atomic E-state index is 12.9. The van der Waals surface area contributed by atoms with Gasteiger partial charge in [0.1, 0.15) is 5.82 Å². The highest BCUT2D eigenvalue weighted by molar-refractivity contribution is 5.93. The molecule has 0 spiro atoms. The van der Waals surface area contributed by atoms with E-state index in [1.165, 1.54) is 13.1 Å². The largest absolute Gasteiger partial charge is 0.462 e. The Morgan fingerprint density at radius 1 is 1.06 bits per heavy atom. The lowest BCUT2D eigenvalue weighted by molar-refractivity contribution is -0.114. The number of urea groups is 1. The van der Waals surface area contributed by atoms with Crippen molar-refractivity contribution in [2.45, 2.75) is 27.2 Å². The number of benzene rings is 1. The topological polar surface area (TPSA) is 104 Å². The molecule has 3 rings (SSSR count). The first-order chi connectivity index (χ1) is 15.4. The molecule has 1 aliphatic heterocycles. The summed E-state index contributed by atoms with van der Waals surface area (Å²) in [5.74, 6) is 0.213. The SMILES string of the molecule is CCOC(=O)c1ccc(N2CCCN(C(=O)Nc3cc(NC(C)=O)ccc3C)CC2)nc1. The molecule has 2 N–H and O–H groups in total. The quantitative estimate of drug-likeness (QED) is 0.693. The van der Waals surface area contributed by atoms with Crippen molar-refractivity contribution in [1.29, 1.82) is 0 Å². The van der Waals surface area contributed by atoms with Gasteiger partial charge in [0.2, 0.25) is 5.91 Å². The van der Waals surface area contributed by atoms with E-state index >= 15 is 0 Å². The Hall–Kier alpha value is -3.62. The number of hydrogen-bond acceptors (Lipinski definition) is 6. The smallest absolute Gasteiger partial charge is 0.339 e. The fourth-order valence-electron chi connectivity index (χ4n) is 3.49. The molecule has 1 aliphatic rings. The zero-order chi connectivity index (χ0) is 23.1. The minimum atomic E-state index is -0.386. The van der Waals surface area contributed by atoms with Gasteiger partial charge < -0.3 is 25.2 Å². The predicted octanol–water partition coefficient (Wildman–Crippen LogP) is 3.27. The van der Waals surface area contributed by atoms with E-state index in [9.17, 15) is 14.4 Å². The zero-order valence-corrected chi connectivity index (χ0v) is 18.7. The fourth-order valence-corrected chi connectivity index (χ4v) is 3.49. The molecule has 1 saturated heterocycles. The molecule has 9 nitrogen and oxygen atoms in total. The minimum absolute atomic E-state index is 0.164. The van der Waals surface area contributed by atoms with Gasteiger partial charge in [-0.3, -0.25) is 4.79 Å². The number of esters is 1. The van der Waals surface area contributed by atoms with Crippen LogP contribution in [0.15, 0.2) is 36.5 Å². The third-order valence-corrected chi connectivity index (χ3v) is 5.17. The second-order valence-electron chi connectivity index (χ2n) is 7.59. The average molecular weight is 440 g/mol. The molecule has 2 aromatic rings. The molecule has 1 fully saturated rings. The van der Waals surface area contributed by atoms with Crippen molar-refractivity contribution in [3.63, 3.8) is 0 Å². The van der Waals surface area contributed by atoms with E-state index in [0.717, 1.165) is 24.3 Å².